The number of alkyl halides is 3. The van der Waals surface area contributed by atoms with Crippen LogP contribution in [0.15, 0.2) is 59.9 Å². The molecule has 0 unspecified atom stereocenters. The number of guanidine groups is 1. The first kappa shape index (κ1) is 21.5. The van der Waals surface area contributed by atoms with E-state index in [1.807, 2.05) is 41.9 Å². The summed E-state index contributed by atoms with van der Waals surface area (Å²) >= 11 is 0. The molecule has 0 saturated carbocycles. The fourth-order valence-corrected chi connectivity index (χ4v) is 2.78. The number of benzene rings is 1. The van der Waals surface area contributed by atoms with Crippen molar-refractivity contribution in [3.63, 3.8) is 0 Å². The zero-order valence-electron chi connectivity index (χ0n) is 16.6. The molecule has 0 spiro atoms. The quantitative estimate of drug-likeness (QED) is 0.433. The molecule has 3 rings (SSSR count). The summed E-state index contributed by atoms with van der Waals surface area (Å²) < 4.78 is 43.3. The molecule has 0 fully saturated rings. The largest absolute Gasteiger partial charge is 0.484 e. The van der Waals surface area contributed by atoms with E-state index in [1.54, 1.807) is 12.1 Å². The van der Waals surface area contributed by atoms with Gasteiger partial charge in [0.2, 0.25) is 0 Å². The van der Waals surface area contributed by atoms with Crippen LogP contribution >= 0.6 is 0 Å². The second-order valence-corrected chi connectivity index (χ2v) is 6.62. The van der Waals surface area contributed by atoms with Crippen molar-refractivity contribution >= 4 is 11.6 Å². The summed E-state index contributed by atoms with van der Waals surface area (Å²) in [4.78, 5) is 9.09. The second-order valence-electron chi connectivity index (χ2n) is 6.62. The Morgan fingerprint density at radius 3 is 2.63 bits per heavy atom. The van der Waals surface area contributed by atoms with Gasteiger partial charge in [-0.25, -0.2) is 9.98 Å². The van der Waals surface area contributed by atoms with E-state index in [0.717, 1.165) is 23.3 Å². The third kappa shape index (κ3) is 6.68. The van der Waals surface area contributed by atoms with E-state index in [1.165, 1.54) is 12.1 Å². The van der Waals surface area contributed by atoms with Gasteiger partial charge in [-0.2, -0.15) is 13.2 Å². The predicted molar refractivity (Wildman–Crippen MR) is 110 cm³/mol. The molecule has 9 heteroatoms. The van der Waals surface area contributed by atoms with Crippen LogP contribution in [0.1, 0.15) is 18.2 Å². The molecule has 2 heterocycles. The van der Waals surface area contributed by atoms with Crippen LogP contribution in [-0.2, 0) is 13.0 Å². The first-order chi connectivity index (χ1) is 14.4. The third-order valence-corrected chi connectivity index (χ3v) is 4.18. The molecular formula is C21H24F3N5O. The lowest BCUT2D eigenvalue weighted by Crippen LogP contribution is -2.38. The fourth-order valence-electron chi connectivity index (χ4n) is 2.78. The van der Waals surface area contributed by atoms with E-state index in [2.05, 4.69) is 20.6 Å². The van der Waals surface area contributed by atoms with Crippen LogP contribution in [0.4, 0.5) is 13.2 Å². The van der Waals surface area contributed by atoms with Gasteiger partial charge in [-0.3, -0.25) is 0 Å². The third-order valence-electron chi connectivity index (χ3n) is 4.18. The molecule has 1 aromatic carbocycles. The summed E-state index contributed by atoms with van der Waals surface area (Å²) in [5, 5.41) is 6.45. The van der Waals surface area contributed by atoms with Gasteiger partial charge in [-0.15, -0.1) is 0 Å². The van der Waals surface area contributed by atoms with Gasteiger partial charge < -0.3 is 19.8 Å². The Balaban J connectivity index is 1.51. The number of nitrogens with zero attached hydrogens (tertiary/aromatic N) is 3. The zero-order valence-corrected chi connectivity index (χ0v) is 16.6. The summed E-state index contributed by atoms with van der Waals surface area (Å²) in [7, 11) is 0. The van der Waals surface area contributed by atoms with E-state index in [0.29, 0.717) is 25.6 Å². The molecular weight excluding hydrogens is 395 g/mol. The number of nitrogens with one attached hydrogen (secondary N) is 2. The Kier molecular flexibility index (Phi) is 7.16. The van der Waals surface area contributed by atoms with Crippen molar-refractivity contribution in [2.75, 3.05) is 19.7 Å². The van der Waals surface area contributed by atoms with Crippen molar-refractivity contribution in [2.24, 2.45) is 4.99 Å². The van der Waals surface area contributed by atoms with Gasteiger partial charge in [-0.1, -0.05) is 18.2 Å². The number of fused-ring (bicyclic) bond motifs is 1. The highest BCUT2D eigenvalue weighted by Crippen LogP contribution is 2.19. The highest BCUT2D eigenvalue weighted by atomic mass is 19.4. The molecule has 0 atom stereocenters. The normalized spacial score (nSPS) is 12.2. The number of pyridine rings is 1. The molecule has 2 aromatic heterocycles. The highest BCUT2D eigenvalue weighted by molar-refractivity contribution is 5.79. The number of aliphatic imine (C=N–C) groups is 1. The maximum absolute atomic E-state index is 12.2. The van der Waals surface area contributed by atoms with Gasteiger partial charge in [0.25, 0.3) is 0 Å². The van der Waals surface area contributed by atoms with Crippen LogP contribution in [0, 0.1) is 0 Å². The summed E-state index contributed by atoms with van der Waals surface area (Å²) in [6, 6.07) is 12.3. The predicted octanol–water partition coefficient (Wildman–Crippen LogP) is 3.57. The second kappa shape index (κ2) is 10.00. The van der Waals surface area contributed by atoms with Gasteiger partial charge in [0.1, 0.15) is 11.4 Å². The van der Waals surface area contributed by atoms with Crippen LogP contribution in [0.2, 0.25) is 0 Å². The number of imidazole rings is 1. The monoisotopic (exact) mass is 419 g/mol. The number of aromatic nitrogens is 2. The molecule has 0 bridgehead atoms. The summed E-state index contributed by atoms with van der Waals surface area (Å²) in [6.07, 6.45) is 0.365. The van der Waals surface area contributed by atoms with Crippen LogP contribution in [0.3, 0.4) is 0 Å². The van der Waals surface area contributed by atoms with Crippen LogP contribution in [-0.4, -0.2) is 41.2 Å². The lowest BCUT2D eigenvalue weighted by atomic mass is 10.2. The maximum atomic E-state index is 12.2. The first-order valence-corrected chi connectivity index (χ1v) is 9.66. The van der Waals surface area contributed by atoms with E-state index in [4.69, 9.17) is 4.74 Å². The average molecular weight is 419 g/mol. The standard InChI is InChI=1S/C21H24F3N5O/c1-2-25-20(26-11-10-17-14-29-12-4-3-5-19(29)28-17)27-13-16-6-8-18(9-7-16)30-15-21(22,23)24/h3-9,12,14H,2,10-11,13,15H2,1H3,(H2,25,26,27). The Morgan fingerprint density at radius 1 is 1.13 bits per heavy atom. The number of halogens is 3. The summed E-state index contributed by atoms with van der Waals surface area (Å²) in [5.41, 5.74) is 2.77. The molecule has 3 aromatic rings. The van der Waals surface area contributed by atoms with Crippen LogP contribution < -0.4 is 15.4 Å². The van der Waals surface area contributed by atoms with E-state index in [9.17, 15) is 13.2 Å². The van der Waals surface area contributed by atoms with Gasteiger partial charge in [0.05, 0.1) is 12.2 Å². The minimum Gasteiger partial charge on any atom is -0.484 e. The Bertz CT molecular complexity index is 934. The topological polar surface area (TPSA) is 63.0 Å². The van der Waals surface area contributed by atoms with E-state index >= 15 is 0 Å². The lowest BCUT2D eigenvalue weighted by molar-refractivity contribution is -0.153. The molecule has 30 heavy (non-hydrogen) atoms. The van der Waals surface area contributed by atoms with Crippen molar-refractivity contribution in [1.82, 2.24) is 20.0 Å². The Morgan fingerprint density at radius 2 is 1.93 bits per heavy atom. The van der Waals surface area contributed by atoms with Gasteiger partial charge >= 0.3 is 6.18 Å². The molecule has 0 saturated heterocycles. The molecule has 0 radical (unpaired) electrons. The number of ether oxygens (including phenoxy) is 1. The Hall–Kier alpha value is -3.23. The SMILES string of the molecule is CCNC(=NCc1ccc(OCC(F)(F)F)cc1)NCCc1cn2ccccc2n1. The van der Waals surface area contributed by atoms with Crippen molar-refractivity contribution in [3.05, 3.63) is 66.1 Å². The average Bonchev–Trinajstić information content (AvgIpc) is 3.13. The minimum absolute atomic E-state index is 0.178. The molecule has 2 N–H and O–H groups in total. The zero-order chi connectivity index (χ0) is 21.4. The molecule has 160 valence electrons. The number of rotatable bonds is 8. The minimum atomic E-state index is -4.35. The summed E-state index contributed by atoms with van der Waals surface area (Å²) in [6.45, 7) is 2.45. The molecule has 0 amide bonds. The highest BCUT2D eigenvalue weighted by Gasteiger charge is 2.28. The van der Waals surface area contributed by atoms with Crippen molar-refractivity contribution in [3.8, 4) is 5.75 Å². The van der Waals surface area contributed by atoms with Crippen LogP contribution in [0.5, 0.6) is 5.75 Å². The Labute approximate surface area is 172 Å². The van der Waals surface area contributed by atoms with Gasteiger partial charge in [-0.05, 0) is 36.8 Å². The smallest absolute Gasteiger partial charge is 0.422 e. The fraction of sp³-hybridized carbons (Fsp3) is 0.333. The van der Waals surface area contributed by atoms with Crippen molar-refractivity contribution < 1.29 is 17.9 Å². The molecule has 6 nitrogen and oxygen atoms in total. The van der Waals surface area contributed by atoms with Gasteiger partial charge in [0.15, 0.2) is 12.6 Å². The summed E-state index contributed by atoms with van der Waals surface area (Å²) in [5.74, 6) is 0.844. The number of hydrogen-bond acceptors (Lipinski definition) is 3. The van der Waals surface area contributed by atoms with E-state index in [-0.39, 0.29) is 5.75 Å². The van der Waals surface area contributed by atoms with Crippen molar-refractivity contribution in [1.29, 1.82) is 0 Å². The van der Waals surface area contributed by atoms with Crippen LogP contribution in [0.25, 0.3) is 5.65 Å². The maximum Gasteiger partial charge on any atom is 0.422 e. The van der Waals surface area contributed by atoms with Crippen molar-refractivity contribution in [2.45, 2.75) is 26.1 Å². The van der Waals surface area contributed by atoms with E-state index < -0.39 is 12.8 Å². The number of hydrogen-bond donors (Lipinski definition) is 2. The lowest BCUT2D eigenvalue weighted by Gasteiger charge is -2.11. The molecule has 0 aliphatic heterocycles. The molecule has 0 aliphatic rings. The first-order valence-electron chi connectivity index (χ1n) is 9.66. The van der Waals surface area contributed by atoms with Gasteiger partial charge in [0, 0.05) is 31.9 Å². The molecule has 0 aliphatic carbocycles.